The van der Waals surface area contributed by atoms with Crippen LogP contribution in [-0.2, 0) is 0 Å². The average Bonchev–Trinajstić information content (AvgIpc) is 3.24. The van der Waals surface area contributed by atoms with Crippen LogP contribution in [0, 0.1) is 6.92 Å². The third-order valence-electron chi connectivity index (χ3n) is 3.35. The first kappa shape index (κ1) is 15.0. The van der Waals surface area contributed by atoms with E-state index in [1.54, 1.807) is 18.3 Å². The van der Waals surface area contributed by atoms with Crippen molar-refractivity contribution in [1.82, 2.24) is 20.3 Å². The van der Waals surface area contributed by atoms with Crippen LogP contribution in [0.3, 0.4) is 0 Å². The van der Waals surface area contributed by atoms with E-state index in [0.29, 0.717) is 5.76 Å². The van der Waals surface area contributed by atoms with Crippen LogP contribution in [0.2, 0.25) is 0 Å². The molecule has 1 amide bonds. The molecule has 1 aromatic carbocycles. The van der Waals surface area contributed by atoms with Crippen molar-refractivity contribution in [1.29, 1.82) is 0 Å². The predicted octanol–water partition coefficient (Wildman–Crippen LogP) is 1.63. The lowest BCUT2D eigenvalue weighted by molar-refractivity contribution is 0.0896. The Balaban J connectivity index is 1.63. The summed E-state index contributed by atoms with van der Waals surface area (Å²) in [5, 5.41) is 20.3. The van der Waals surface area contributed by atoms with Crippen molar-refractivity contribution in [2.24, 2.45) is 0 Å². The summed E-state index contributed by atoms with van der Waals surface area (Å²) in [6.45, 7) is 2.03. The van der Waals surface area contributed by atoms with Crippen LogP contribution in [0.1, 0.15) is 27.9 Å². The number of hydrogen-bond donors (Lipinski definition) is 2. The molecular formula is C16H16N4O3. The van der Waals surface area contributed by atoms with Gasteiger partial charge in [0.1, 0.15) is 11.9 Å². The number of aliphatic hydroxyl groups is 1. The summed E-state index contributed by atoms with van der Waals surface area (Å²) >= 11 is 0. The number of carbonyl (C=O) groups excluding carboxylic acids is 1. The Morgan fingerprint density at radius 1 is 1.35 bits per heavy atom. The average molecular weight is 312 g/mol. The minimum atomic E-state index is -0.902. The Labute approximate surface area is 132 Å². The summed E-state index contributed by atoms with van der Waals surface area (Å²) in [6.07, 6.45) is 2.10. The molecule has 3 rings (SSSR count). The van der Waals surface area contributed by atoms with Gasteiger partial charge in [0.25, 0.3) is 5.91 Å². The Morgan fingerprint density at radius 3 is 2.83 bits per heavy atom. The molecule has 2 heterocycles. The number of nitrogens with zero attached hydrogens (tertiary/aromatic N) is 3. The Bertz CT molecular complexity index is 778. The van der Waals surface area contributed by atoms with E-state index >= 15 is 0 Å². The van der Waals surface area contributed by atoms with E-state index in [2.05, 4.69) is 15.6 Å². The van der Waals surface area contributed by atoms with Gasteiger partial charge in [-0.2, -0.15) is 0 Å². The summed E-state index contributed by atoms with van der Waals surface area (Å²) in [5.41, 5.74) is 2.13. The largest absolute Gasteiger partial charge is 0.467 e. The molecular weight excluding hydrogens is 296 g/mol. The zero-order chi connectivity index (χ0) is 16.2. The van der Waals surface area contributed by atoms with Gasteiger partial charge in [0.05, 0.1) is 24.7 Å². The third-order valence-corrected chi connectivity index (χ3v) is 3.35. The molecule has 0 aliphatic rings. The van der Waals surface area contributed by atoms with Crippen LogP contribution in [0.25, 0.3) is 5.69 Å². The lowest BCUT2D eigenvalue weighted by atomic mass is 10.2. The second-order valence-corrected chi connectivity index (χ2v) is 5.13. The summed E-state index contributed by atoms with van der Waals surface area (Å²) < 4.78 is 6.60. The normalized spacial score (nSPS) is 12.1. The van der Waals surface area contributed by atoms with Gasteiger partial charge in [0, 0.05) is 0 Å². The smallest absolute Gasteiger partial charge is 0.273 e. The van der Waals surface area contributed by atoms with E-state index in [-0.39, 0.29) is 12.2 Å². The molecule has 0 saturated carbocycles. The second-order valence-electron chi connectivity index (χ2n) is 5.13. The van der Waals surface area contributed by atoms with Gasteiger partial charge < -0.3 is 14.8 Å². The monoisotopic (exact) mass is 312 g/mol. The van der Waals surface area contributed by atoms with Crippen LogP contribution < -0.4 is 5.32 Å². The number of aryl methyl sites for hydroxylation is 1. The highest BCUT2D eigenvalue weighted by Crippen LogP contribution is 2.12. The molecule has 0 bridgehead atoms. The molecule has 23 heavy (non-hydrogen) atoms. The molecule has 0 aliphatic carbocycles. The van der Waals surface area contributed by atoms with Crippen molar-refractivity contribution in [3.05, 3.63) is 65.9 Å². The number of hydrogen-bond acceptors (Lipinski definition) is 5. The summed E-state index contributed by atoms with van der Waals surface area (Å²) in [6, 6.07) is 11.0. The fourth-order valence-electron chi connectivity index (χ4n) is 2.05. The minimum Gasteiger partial charge on any atom is -0.467 e. The molecule has 0 spiro atoms. The molecule has 0 fully saturated rings. The van der Waals surface area contributed by atoms with Gasteiger partial charge in [0.15, 0.2) is 5.69 Å². The predicted molar refractivity (Wildman–Crippen MR) is 82.1 cm³/mol. The number of amides is 1. The molecule has 1 unspecified atom stereocenters. The fourth-order valence-corrected chi connectivity index (χ4v) is 2.05. The van der Waals surface area contributed by atoms with E-state index in [4.69, 9.17) is 4.42 Å². The minimum absolute atomic E-state index is 0.0315. The van der Waals surface area contributed by atoms with Crippen molar-refractivity contribution in [3.63, 3.8) is 0 Å². The van der Waals surface area contributed by atoms with Gasteiger partial charge in [-0.1, -0.05) is 22.9 Å². The van der Waals surface area contributed by atoms with E-state index in [1.165, 1.54) is 10.9 Å². The molecule has 0 saturated heterocycles. The van der Waals surface area contributed by atoms with E-state index in [1.807, 2.05) is 31.2 Å². The first-order chi connectivity index (χ1) is 11.1. The van der Waals surface area contributed by atoms with E-state index in [0.717, 1.165) is 11.3 Å². The van der Waals surface area contributed by atoms with Crippen molar-refractivity contribution < 1.29 is 14.3 Å². The number of furan rings is 1. The molecule has 2 aromatic heterocycles. The number of aromatic nitrogens is 3. The first-order valence-corrected chi connectivity index (χ1v) is 7.12. The van der Waals surface area contributed by atoms with Gasteiger partial charge in [-0.15, -0.1) is 5.10 Å². The molecule has 0 aliphatic heterocycles. The highest BCUT2D eigenvalue weighted by Gasteiger charge is 2.15. The number of rotatable bonds is 5. The second kappa shape index (κ2) is 6.45. The lowest BCUT2D eigenvalue weighted by Crippen LogP contribution is -2.28. The van der Waals surface area contributed by atoms with Gasteiger partial charge in [0.2, 0.25) is 0 Å². The fraction of sp³-hybridized carbons (Fsp3) is 0.188. The molecule has 1 atom stereocenters. The Morgan fingerprint density at radius 2 is 2.13 bits per heavy atom. The van der Waals surface area contributed by atoms with Gasteiger partial charge in [-0.05, 0) is 31.2 Å². The molecule has 0 radical (unpaired) electrons. The van der Waals surface area contributed by atoms with E-state index < -0.39 is 12.0 Å². The molecule has 3 aromatic rings. The lowest BCUT2D eigenvalue weighted by Gasteiger charge is -2.08. The number of carbonyl (C=O) groups is 1. The quantitative estimate of drug-likeness (QED) is 0.747. The SMILES string of the molecule is Cc1ccc(-n2cc(C(=O)NCC(O)c3ccco3)nn2)cc1. The van der Waals surface area contributed by atoms with Gasteiger partial charge >= 0.3 is 0 Å². The van der Waals surface area contributed by atoms with Crippen molar-refractivity contribution in [2.45, 2.75) is 13.0 Å². The maximum Gasteiger partial charge on any atom is 0.273 e. The van der Waals surface area contributed by atoms with Crippen molar-refractivity contribution in [3.8, 4) is 5.69 Å². The van der Waals surface area contributed by atoms with Gasteiger partial charge in [-0.25, -0.2) is 4.68 Å². The van der Waals surface area contributed by atoms with Crippen molar-refractivity contribution in [2.75, 3.05) is 6.54 Å². The van der Waals surface area contributed by atoms with Crippen LogP contribution in [-0.4, -0.2) is 32.6 Å². The number of aliphatic hydroxyl groups excluding tert-OH is 1. The highest BCUT2D eigenvalue weighted by atomic mass is 16.4. The van der Waals surface area contributed by atoms with Crippen LogP contribution in [0.4, 0.5) is 0 Å². The van der Waals surface area contributed by atoms with Crippen LogP contribution in [0.5, 0.6) is 0 Å². The maximum absolute atomic E-state index is 12.0. The number of benzene rings is 1. The van der Waals surface area contributed by atoms with Crippen LogP contribution >= 0.6 is 0 Å². The Kier molecular flexibility index (Phi) is 4.20. The summed E-state index contributed by atoms with van der Waals surface area (Å²) in [7, 11) is 0. The zero-order valence-corrected chi connectivity index (χ0v) is 12.5. The topological polar surface area (TPSA) is 93.2 Å². The maximum atomic E-state index is 12.0. The first-order valence-electron chi connectivity index (χ1n) is 7.12. The third kappa shape index (κ3) is 3.46. The highest BCUT2D eigenvalue weighted by molar-refractivity contribution is 5.91. The number of nitrogens with one attached hydrogen (secondary N) is 1. The summed E-state index contributed by atoms with van der Waals surface area (Å²) in [5.74, 6) is -0.0115. The van der Waals surface area contributed by atoms with E-state index in [9.17, 15) is 9.90 Å². The molecule has 2 N–H and O–H groups in total. The molecule has 7 nitrogen and oxygen atoms in total. The molecule has 7 heteroatoms. The standard InChI is InChI=1S/C16H16N4O3/c1-11-4-6-12(7-5-11)20-10-13(18-19-20)16(22)17-9-14(21)15-3-2-8-23-15/h2-8,10,14,21H,9H2,1H3,(H,17,22). The summed E-state index contributed by atoms with van der Waals surface area (Å²) in [4.78, 5) is 12.0. The van der Waals surface area contributed by atoms with Crippen LogP contribution in [0.15, 0.2) is 53.3 Å². The molecule has 118 valence electrons. The zero-order valence-electron chi connectivity index (χ0n) is 12.5. The Hall–Kier alpha value is -2.93. The van der Waals surface area contributed by atoms with Crippen molar-refractivity contribution >= 4 is 5.91 Å². The van der Waals surface area contributed by atoms with Gasteiger partial charge in [-0.3, -0.25) is 4.79 Å².